The Kier molecular flexibility index (Phi) is 7.62. The van der Waals surface area contributed by atoms with Crippen LogP contribution >= 0.6 is 0 Å². The molecule has 13 heteroatoms. The van der Waals surface area contributed by atoms with Crippen molar-refractivity contribution in [3.05, 3.63) is 77.6 Å². The number of amides is 1. The van der Waals surface area contributed by atoms with Crippen molar-refractivity contribution in [2.75, 3.05) is 17.7 Å². The van der Waals surface area contributed by atoms with Crippen LogP contribution in [0.2, 0.25) is 0 Å². The van der Waals surface area contributed by atoms with Crippen molar-refractivity contribution in [1.82, 2.24) is 30.3 Å². The molecule has 0 aliphatic rings. The maximum Gasteiger partial charge on any atom is 0.404 e. The monoisotopic (exact) mass is 517 g/mol. The maximum atomic E-state index is 15.1. The molecule has 4 aromatic rings. The van der Waals surface area contributed by atoms with Crippen molar-refractivity contribution in [3.8, 4) is 17.5 Å². The normalized spacial score (nSPS) is 12.2. The Morgan fingerprint density at radius 3 is 2.53 bits per heavy atom. The Bertz CT molecular complexity index is 1470. The van der Waals surface area contributed by atoms with E-state index in [-0.39, 0.29) is 17.2 Å². The van der Waals surface area contributed by atoms with Crippen molar-refractivity contribution in [2.24, 2.45) is 0 Å². The molecule has 0 fully saturated rings. The molecule has 2 atom stereocenters. The van der Waals surface area contributed by atoms with Gasteiger partial charge in [0.05, 0.1) is 54.7 Å². The van der Waals surface area contributed by atoms with Crippen molar-refractivity contribution in [1.29, 1.82) is 5.26 Å². The fourth-order valence-corrected chi connectivity index (χ4v) is 3.77. The summed E-state index contributed by atoms with van der Waals surface area (Å²) in [5.41, 5.74) is 2.37. The van der Waals surface area contributed by atoms with Crippen LogP contribution in [-0.4, -0.2) is 49.3 Å². The van der Waals surface area contributed by atoms with Crippen molar-refractivity contribution >= 4 is 23.4 Å². The van der Waals surface area contributed by atoms with E-state index in [9.17, 15) is 15.2 Å². The van der Waals surface area contributed by atoms with Gasteiger partial charge in [-0.05, 0) is 43.7 Å². The molecule has 12 nitrogen and oxygen atoms in total. The number of methoxy groups -OCH3 is 1. The van der Waals surface area contributed by atoms with Crippen LogP contribution in [0, 0.1) is 24.1 Å². The highest BCUT2D eigenvalue weighted by Crippen LogP contribution is 2.29. The molecule has 0 saturated heterocycles. The fourth-order valence-electron chi connectivity index (χ4n) is 3.77. The number of anilines is 3. The minimum absolute atomic E-state index is 0.0369. The predicted molar refractivity (Wildman–Crippen MR) is 136 cm³/mol. The topological polar surface area (TPSA) is 163 Å². The number of nitrogens with one attached hydrogen (secondary N) is 3. The molecule has 0 saturated carbocycles. The molecule has 4 rings (SSSR count). The zero-order valence-corrected chi connectivity index (χ0v) is 20.7. The molecule has 1 aromatic carbocycles. The summed E-state index contributed by atoms with van der Waals surface area (Å²) in [7, 11) is 1.53. The van der Waals surface area contributed by atoms with E-state index >= 15 is 4.39 Å². The second-order valence-corrected chi connectivity index (χ2v) is 8.23. The summed E-state index contributed by atoms with van der Waals surface area (Å²) in [6.07, 6.45) is 3.38. The van der Waals surface area contributed by atoms with Crippen molar-refractivity contribution in [3.63, 3.8) is 0 Å². The molecular formula is C25H24FN9O3. The number of ether oxygens (including phenoxy) is 1. The number of aryl methyl sites for hydroxylation is 1. The third-order valence-corrected chi connectivity index (χ3v) is 5.67. The SMILES string of the molecule is COc1ccc(C(Nc2nc(Nc3cnc(C)c(-n4nccn4)c3)c(C#N)cc2F)[C@H](C)NC(=O)O)cc1. The van der Waals surface area contributed by atoms with E-state index < -0.39 is 24.0 Å². The first-order chi connectivity index (χ1) is 18.3. The molecule has 1 amide bonds. The van der Waals surface area contributed by atoms with Crippen molar-refractivity contribution in [2.45, 2.75) is 25.9 Å². The number of pyridine rings is 2. The summed E-state index contributed by atoms with van der Waals surface area (Å²) < 4.78 is 20.3. The molecule has 38 heavy (non-hydrogen) atoms. The number of carbonyl (C=O) groups is 1. The summed E-state index contributed by atoms with van der Waals surface area (Å²) >= 11 is 0. The fraction of sp³-hybridized carbons (Fsp3) is 0.200. The number of nitriles is 1. The number of rotatable bonds is 9. The summed E-state index contributed by atoms with van der Waals surface area (Å²) in [5, 5.41) is 35.5. The van der Waals surface area contributed by atoms with Gasteiger partial charge in [0, 0.05) is 0 Å². The van der Waals surface area contributed by atoms with Gasteiger partial charge >= 0.3 is 6.09 Å². The summed E-state index contributed by atoms with van der Waals surface area (Å²) in [6.45, 7) is 3.44. The van der Waals surface area contributed by atoms with Gasteiger partial charge < -0.3 is 25.8 Å². The highest BCUT2D eigenvalue weighted by molar-refractivity contribution is 5.67. The summed E-state index contributed by atoms with van der Waals surface area (Å²) in [4.78, 5) is 21.4. The number of halogens is 1. The lowest BCUT2D eigenvalue weighted by atomic mass is 10.00. The van der Waals surface area contributed by atoms with Gasteiger partial charge in [-0.25, -0.2) is 14.2 Å². The summed E-state index contributed by atoms with van der Waals surface area (Å²) in [6, 6.07) is 10.2. The second-order valence-electron chi connectivity index (χ2n) is 8.23. The molecule has 0 spiro atoms. The van der Waals surface area contributed by atoms with Crippen LogP contribution in [0.1, 0.15) is 29.8 Å². The van der Waals surface area contributed by atoms with Crippen LogP contribution in [0.15, 0.2) is 55.0 Å². The quantitative estimate of drug-likeness (QED) is 0.256. The van der Waals surface area contributed by atoms with E-state index in [4.69, 9.17) is 4.74 Å². The number of hydrogen-bond acceptors (Lipinski definition) is 9. The van der Waals surface area contributed by atoms with Gasteiger partial charge in [0.2, 0.25) is 0 Å². The smallest absolute Gasteiger partial charge is 0.404 e. The van der Waals surface area contributed by atoms with E-state index in [2.05, 4.69) is 36.1 Å². The van der Waals surface area contributed by atoms with Gasteiger partial charge in [0.1, 0.15) is 17.5 Å². The average Bonchev–Trinajstić information content (AvgIpc) is 3.44. The zero-order valence-electron chi connectivity index (χ0n) is 20.7. The van der Waals surface area contributed by atoms with Gasteiger partial charge in [0.15, 0.2) is 17.5 Å². The molecule has 3 aromatic heterocycles. The Morgan fingerprint density at radius 1 is 1.18 bits per heavy atom. The van der Waals surface area contributed by atoms with Crippen LogP contribution < -0.4 is 20.7 Å². The largest absolute Gasteiger partial charge is 0.497 e. The molecule has 0 aliphatic heterocycles. The van der Waals surface area contributed by atoms with Gasteiger partial charge in [-0.1, -0.05) is 12.1 Å². The Labute approximate surface area is 217 Å². The second kappa shape index (κ2) is 11.2. The predicted octanol–water partition coefficient (Wildman–Crippen LogP) is 3.94. The standard InChI is InChI=1S/C25H24FN9O3/c1-14-21(35-29-8-9-30-35)11-18(13-28-14)32-23-17(12-27)10-20(26)24(34-23)33-22(15(2)31-25(36)37)16-4-6-19(38-3)7-5-16/h4-11,13,15,22,31H,1-3H3,(H,36,37)(H2,32,33,34)/t15-,22?/m0/s1. The Hall–Kier alpha value is -5.25. The third kappa shape index (κ3) is 5.76. The number of aromatic nitrogens is 5. The highest BCUT2D eigenvalue weighted by atomic mass is 19.1. The minimum atomic E-state index is -1.23. The first-order valence-corrected chi connectivity index (χ1v) is 11.4. The lowest BCUT2D eigenvalue weighted by molar-refractivity contribution is 0.189. The average molecular weight is 518 g/mol. The minimum Gasteiger partial charge on any atom is -0.497 e. The van der Waals surface area contributed by atoms with Crippen LogP contribution in [-0.2, 0) is 0 Å². The van der Waals surface area contributed by atoms with E-state index in [1.165, 1.54) is 24.3 Å². The number of benzene rings is 1. The van der Waals surface area contributed by atoms with Crippen LogP contribution in [0.3, 0.4) is 0 Å². The van der Waals surface area contributed by atoms with Crippen LogP contribution in [0.5, 0.6) is 5.75 Å². The van der Waals surface area contributed by atoms with Crippen molar-refractivity contribution < 1.29 is 19.0 Å². The number of nitrogens with zero attached hydrogens (tertiary/aromatic N) is 6. The Balaban J connectivity index is 1.69. The maximum absolute atomic E-state index is 15.1. The first kappa shape index (κ1) is 25.8. The lowest BCUT2D eigenvalue weighted by Crippen LogP contribution is -2.39. The van der Waals surface area contributed by atoms with Crippen LogP contribution in [0.4, 0.5) is 26.5 Å². The molecule has 3 heterocycles. The molecule has 0 radical (unpaired) electrons. The molecule has 194 valence electrons. The van der Waals surface area contributed by atoms with E-state index in [1.54, 1.807) is 50.4 Å². The number of carboxylic acid groups (broad SMARTS) is 1. The summed E-state index contributed by atoms with van der Waals surface area (Å²) in [5.74, 6) is -0.275. The lowest BCUT2D eigenvalue weighted by Gasteiger charge is -2.26. The molecule has 4 N–H and O–H groups in total. The van der Waals surface area contributed by atoms with Crippen LogP contribution in [0.25, 0.3) is 5.69 Å². The van der Waals surface area contributed by atoms with Gasteiger partial charge in [-0.2, -0.15) is 15.5 Å². The van der Waals surface area contributed by atoms with Gasteiger partial charge in [-0.3, -0.25) is 4.98 Å². The van der Waals surface area contributed by atoms with E-state index in [0.29, 0.717) is 28.4 Å². The number of hydrogen-bond donors (Lipinski definition) is 4. The first-order valence-electron chi connectivity index (χ1n) is 11.4. The molecule has 0 aliphatic carbocycles. The Morgan fingerprint density at radius 2 is 1.89 bits per heavy atom. The third-order valence-electron chi connectivity index (χ3n) is 5.67. The molecule has 1 unspecified atom stereocenters. The van der Waals surface area contributed by atoms with Gasteiger partial charge in [0.25, 0.3) is 0 Å². The molecule has 0 bridgehead atoms. The molecular weight excluding hydrogens is 493 g/mol. The van der Waals surface area contributed by atoms with E-state index in [1.807, 2.05) is 6.07 Å². The zero-order chi connectivity index (χ0) is 27.2. The van der Waals surface area contributed by atoms with E-state index in [0.717, 1.165) is 6.07 Å². The van der Waals surface area contributed by atoms with Gasteiger partial charge in [-0.15, -0.1) is 4.80 Å². The highest BCUT2D eigenvalue weighted by Gasteiger charge is 2.24.